The van der Waals surface area contributed by atoms with Gasteiger partial charge in [-0.25, -0.2) is 0 Å². The average Bonchev–Trinajstić information content (AvgIpc) is 2.77. The fraction of sp³-hybridized carbons (Fsp3) is 0.409. The first-order valence-electron chi connectivity index (χ1n) is 9.84. The molecule has 152 valence electrons. The normalized spacial score (nSPS) is 15.0. The van der Waals surface area contributed by atoms with Crippen LogP contribution in [0.1, 0.15) is 16.7 Å². The number of rotatable bonds is 8. The topological polar surface area (TPSA) is 82.6 Å². The molecule has 0 saturated carbocycles. The Morgan fingerprint density at radius 3 is 2.21 bits per heavy atom. The van der Waals surface area contributed by atoms with Crippen LogP contribution < -0.4 is 4.74 Å². The molecule has 1 aliphatic rings. The molecule has 0 atom stereocenters. The summed E-state index contributed by atoms with van der Waals surface area (Å²) in [6, 6.07) is 14.6. The Morgan fingerprint density at radius 1 is 1.03 bits per heavy atom. The summed E-state index contributed by atoms with van der Waals surface area (Å²) in [6.45, 7) is 6.04. The molecule has 1 aliphatic heterocycles. The molecular weight excluding hydrogens is 368 g/mol. The van der Waals surface area contributed by atoms with Crippen molar-refractivity contribution in [3.8, 4) is 11.8 Å². The van der Waals surface area contributed by atoms with E-state index in [1.807, 2.05) is 24.3 Å². The van der Waals surface area contributed by atoms with Gasteiger partial charge in [0, 0.05) is 51.4 Å². The molecule has 7 heteroatoms. The van der Waals surface area contributed by atoms with E-state index in [0.29, 0.717) is 5.56 Å². The summed E-state index contributed by atoms with van der Waals surface area (Å²) < 4.78 is 5.42. The van der Waals surface area contributed by atoms with Crippen molar-refractivity contribution >= 4 is 5.69 Å². The molecular formula is C22H26N4O3. The van der Waals surface area contributed by atoms with Crippen molar-refractivity contribution in [2.75, 3.05) is 46.4 Å². The van der Waals surface area contributed by atoms with Gasteiger partial charge in [0.1, 0.15) is 5.75 Å². The van der Waals surface area contributed by atoms with Crippen LogP contribution in [0.5, 0.6) is 5.75 Å². The first-order chi connectivity index (χ1) is 14.1. The number of nitro groups is 1. The van der Waals surface area contributed by atoms with Crippen molar-refractivity contribution in [1.82, 2.24) is 9.80 Å². The van der Waals surface area contributed by atoms with Crippen LogP contribution in [-0.4, -0.2) is 61.1 Å². The third-order valence-corrected chi connectivity index (χ3v) is 5.44. The van der Waals surface area contributed by atoms with Gasteiger partial charge in [0.15, 0.2) is 0 Å². The van der Waals surface area contributed by atoms with Gasteiger partial charge in [-0.3, -0.25) is 10.1 Å². The lowest BCUT2D eigenvalue weighted by atomic mass is 10.1. The number of non-ortho nitro benzene ring substituents is 1. The molecule has 1 fully saturated rings. The van der Waals surface area contributed by atoms with Gasteiger partial charge in [-0.15, -0.1) is 0 Å². The molecule has 2 aromatic carbocycles. The van der Waals surface area contributed by atoms with Gasteiger partial charge >= 0.3 is 0 Å². The highest BCUT2D eigenvalue weighted by Gasteiger charge is 2.17. The number of nitro benzene ring substituents is 1. The third-order valence-electron chi connectivity index (χ3n) is 5.44. The zero-order valence-electron chi connectivity index (χ0n) is 16.7. The summed E-state index contributed by atoms with van der Waals surface area (Å²) in [5.41, 5.74) is 3.02. The van der Waals surface area contributed by atoms with Crippen molar-refractivity contribution in [2.24, 2.45) is 0 Å². The second-order valence-electron chi connectivity index (χ2n) is 7.25. The molecule has 1 heterocycles. The van der Waals surface area contributed by atoms with E-state index in [-0.39, 0.29) is 10.6 Å². The van der Waals surface area contributed by atoms with Crippen LogP contribution in [0.3, 0.4) is 0 Å². The van der Waals surface area contributed by atoms with Crippen molar-refractivity contribution in [3.05, 3.63) is 69.3 Å². The SMILES string of the molecule is COc1cc(C#N)ccc1CCN1CCN(CCc2ccc([N+](=O)[O-])cc2)CC1. The Kier molecular flexibility index (Phi) is 7.17. The molecule has 0 spiro atoms. The minimum absolute atomic E-state index is 0.140. The Balaban J connectivity index is 1.41. The summed E-state index contributed by atoms with van der Waals surface area (Å²) in [6.07, 6.45) is 1.80. The highest BCUT2D eigenvalue weighted by Crippen LogP contribution is 2.21. The van der Waals surface area contributed by atoms with Gasteiger partial charge < -0.3 is 14.5 Å². The Labute approximate surface area is 171 Å². The number of ether oxygens (including phenoxy) is 1. The second kappa shape index (κ2) is 10.0. The van der Waals surface area contributed by atoms with Crippen LogP contribution in [0.2, 0.25) is 0 Å². The highest BCUT2D eigenvalue weighted by molar-refractivity contribution is 5.42. The van der Waals surface area contributed by atoms with Crippen LogP contribution >= 0.6 is 0 Å². The van der Waals surface area contributed by atoms with Crippen molar-refractivity contribution < 1.29 is 9.66 Å². The predicted octanol–water partition coefficient (Wildman–Crippen LogP) is 2.88. The maximum absolute atomic E-state index is 10.7. The van der Waals surface area contributed by atoms with Crippen molar-refractivity contribution in [2.45, 2.75) is 12.8 Å². The standard InChI is InChI=1S/C22H26N4O3/c1-29-22-16-19(17-23)2-5-20(22)9-11-25-14-12-24(13-15-25)10-8-18-3-6-21(7-4-18)26(27)28/h2-7,16H,8-15H2,1H3. The van der Waals surface area contributed by atoms with E-state index < -0.39 is 0 Å². The lowest BCUT2D eigenvalue weighted by Gasteiger charge is -2.34. The van der Waals surface area contributed by atoms with E-state index in [2.05, 4.69) is 15.9 Å². The van der Waals surface area contributed by atoms with Gasteiger partial charge in [0.2, 0.25) is 0 Å². The summed E-state index contributed by atoms with van der Waals surface area (Å²) in [5, 5.41) is 19.7. The second-order valence-corrected chi connectivity index (χ2v) is 7.25. The van der Waals surface area contributed by atoms with Gasteiger partial charge in [-0.2, -0.15) is 5.26 Å². The highest BCUT2D eigenvalue weighted by atomic mass is 16.6. The minimum atomic E-state index is -0.365. The van der Waals surface area contributed by atoms with Gasteiger partial charge in [0.25, 0.3) is 5.69 Å². The molecule has 0 radical (unpaired) electrons. The summed E-state index contributed by atoms with van der Waals surface area (Å²) in [4.78, 5) is 15.3. The van der Waals surface area contributed by atoms with E-state index >= 15 is 0 Å². The lowest BCUT2D eigenvalue weighted by Crippen LogP contribution is -2.47. The fourth-order valence-electron chi connectivity index (χ4n) is 3.61. The number of hydrogen-bond acceptors (Lipinski definition) is 6. The predicted molar refractivity (Wildman–Crippen MR) is 111 cm³/mol. The van der Waals surface area contributed by atoms with Crippen molar-refractivity contribution in [3.63, 3.8) is 0 Å². The molecule has 0 aliphatic carbocycles. The number of nitrogens with zero attached hydrogens (tertiary/aromatic N) is 4. The largest absolute Gasteiger partial charge is 0.496 e. The average molecular weight is 394 g/mol. The summed E-state index contributed by atoms with van der Waals surface area (Å²) >= 11 is 0. The number of benzene rings is 2. The van der Waals surface area contributed by atoms with E-state index in [0.717, 1.165) is 69.0 Å². The van der Waals surface area contributed by atoms with E-state index in [1.54, 1.807) is 25.3 Å². The molecule has 0 amide bonds. The Morgan fingerprint density at radius 2 is 1.66 bits per heavy atom. The zero-order chi connectivity index (χ0) is 20.6. The molecule has 7 nitrogen and oxygen atoms in total. The van der Waals surface area contributed by atoms with Crippen LogP contribution in [0, 0.1) is 21.4 Å². The number of hydrogen-bond donors (Lipinski definition) is 0. The number of piperazine rings is 1. The first-order valence-corrected chi connectivity index (χ1v) is 9.84. The molecule has 29 heavy (non-hydrogen) atoms. The van der Waals surface area contributed by atoms with Gasteiger partial charge in [-0.05, 0) is 36.1 Å². The van der Waals surface area contributed by atoms with Crippen molar-refractivity contribution in [1.29, 1.82) is 5.26 Å². The summed E-state index contributed by atoms with van der Waals surface area (Å²) in [5.74, 6) is 0.783. The van der Waals surface area contributed by atoms with Gasteiger partial charge in [-0.1, -0.05) is 18.2 Å². The molecule has 3 rings (SSSR count). The van der Waals surface area contributed by atoms with Gasteiger partial charge in [0.05, 0.1) is 23.7 Å². The minimum Gasteiger partial charge on any atom is -0.496 e. The summed E-state index contributed by atoms with van der Waals surface area (Å²) in [7, 11) is 1.64. The molecule has 1 saturated heterocycles. The van der Waals surface area contributed by atoms with E-state index in [4.69, 9.17) is 10.00 Å². The van der Waals surface area contributed by atoms with Crippen LogP contribution in [0.25, 0.3) is 0 Å². The Hall–Kier alpha value is -2.95. The maximum Gasteiger partial charge on any atom is 0.269 e. The molecule has 0 bridgehead atoms. The number of methoxy groups -OCH3 is 1. The lowest BCUT2D eigenvalue weighted by molar-refractivity contribution is -0.384. The number of nitriles is 1. The van der Waals surface area contributed by atoms with Crippen LogP contribution in [0.4, 0.5) is 5.69 Å². The Bertz CT molecular complexity index is 869. The third kappa shape index (κ3) is 5.76. The molecule has 0 aromatic heterocycles. The molecule has 0 unspecified atom stereocenters. The smallest absolute Gasteiger partial charge is 0.269 e. The maximum atomic E-state index is 10.7. The first kappa shape index (κ1) is 20.8. The molecule has 2 aromatic rings. The van der Waals surface area contributed by atoms with Crippen LogP contribution in [-0.2, 0) is 12.8 Å². The van der Waals surface area contributed by atoms with E-state index in [1.165, 1.54) is 0 Å². The molecule has 0 N–H and O–H groups in total. The van der Waals surface area contributed by atoms with Crippen LogP contribution in [0.15, 0.2) is 42.5 Å². The quantitative estimate of drug-likeness (QED) is 0.506. The fourth-order valence-corrected chi connectivity index (χ4v) is 3.61. The monoisotopic (exact) mass is 394 g/mol. The zero-order valence-corrected chi connectivity index (χ0v) is 16.7. The van der Waals surface area contributed by atoms with E-state index in [9.17, 15) is 10.1 Å².